The van der Waals surface area contributed by atoms with E-state index in [1.54, 1.807) is 18.4 Å². The lowest BCUT2D eigenvalue weighted by Gasteiger charge is -2.15. The zero-order chi connectivity index (χ0) is 24.4. The van der Waals surface area contributed by atoms with Crippen LogP contribution in [0.5, 0.6) is 5.75 Å². The summed E-state index contributed by atoms with van der Waals surface area (Å²) < 4.78 is 25.5. The number of fused-ring (bicyclic) bond motifs is 1. The summed E-state index contributed by atoms with van der Waals surface area (Å²) in [5.74, 6) is -0.0639. The Balaban J connectivity index is 1.80. The molecule has 5 heteroatoms. The Morgan fingerprint density at radius 2 is 1.88 bits per heavy atom. The number of benzene rings is 3. The number of amides is 1. The average molecular weight is 458 g/mol. The lowest BCUT2D eigenvalue weighted by molar-refractivity contribution is -0.111. The van der Waals surface area contributed by atoms with Gasteiger partial charge < -0.3 is 14.5 Å². The molecule has 0 unspecified atom stereocenters. The Morgan fingerprint density at radius 1 is 1.09 bits per heavy atom. The van der Waals surface area contributed by atoms with Gasteiger partial charge in [-0.05, 0) is 75.6 Å². The van der Waals surface area contributed by atoms with Crippen LogP contribution in [0.2, 0.25) is 0 Å². The minimum absolute atomic E-state index is 0.343. The van der Waals surface area contributed by atoms with Gasteiger partial charge in [-0.3, -0.25) is 4.79 Å². The molecule has 174 valence electrons. The smallest absolute Gasteiger partial charge is 0.248 e. The molecule has 34 heavy (non-hydrogen) atoms. The van der Waals surface area contributed by atoms with Gasteiger partial charge >= 0.3 is 0 Å². The van der Waals surface area contributed by atoms with Crippen LogP contribution in [0, 0.1) is 26.6 Å². The fraction of sp³-hybridized carbons (Fsp3) is 0.207. The molecule has 1 heterocycles. The molecule has 1 amide bonds. The minimum Gasteiger partial charge on any atom is -0.493 e. The molecule has 0 saturated heterocycles. The number of nitrogens with one attached hydrogen (secondary N) is 1. The summed E-state index contributed by atoms with van der Waals surface area (Å²) in [6, 6.07) is 14.2. The first kappa shape index (κ1) is 23.3. The number of halogens is 1. The molecule has 1 N–H and O–H groups in total. The second-order valence-corrected chi connectivity index (χ2v) is 8.48. The molecule has 1 aromatic heterocycles. The summed E-state index contributed by atoms with van der Waals surface area (Å²) >= 11 is 0. The Hall–Kier alpha value is -3.86. The van der Waals surface area contributed by atoms with Gasteiger partial charge in [-0.15, -0.1) is 0 Å². The molecule has 4 nitrogen and oxygen atoms in total. The van der Waals surface area contributed by atoms with Crippen molar-refractivity contribution in [2.45, 2.75) is 34.6 Å². The van der Waals surface area contributed by atoms with Gasteiger partial charge in [0.25, 0.3) is 0 Å². The second-order valence-electron chi connectivity index (χ2n) is 8.48. The Labute approximate surface area is 199 Å². The second kappa shape index (κ2) is 9.56. The fourth-order valence-electron chi connectivity index (χ4n) is 4.28. The van der Waals surface area contributed by atoms with Crippen molar-refractivity contribution < 1.29 is 18.3 Å². The van der Waals surface area contributed by atoms with E-state index in [2.05, 4.69) is 37.4 Å². The zero-order valence-electron chi connectivity index (χ0n) is 20.1. The van der Waals surface area contributed by atoms with Gasteiger partial charge in [-0.2, -0.15) is 0 Å². The molecule has 0 aliphatic heterocycles. The van der Waals surface area contributed by atoms with Crippen molar-refractivity contribution in [3.63, 3.8) is 0 Å². The molecule has 0 aliphatic carbocycles. The van der Waals surface area contributed by atoms with Crippen molar-refractivity contribution in [2.75, 3.05) is 11.9 Å². The molecule has 4 aromatic rings. The number of hydrogen-bond acceptors (Lipinski definition) is 3. The molecule has 3 aromatic carbocycles. The van der Waals surface area contributed by atoms with Crippen LogP contribution in [0.25, 0.3) is 27.7 Å². The van der Waals surface area contributed by atoms with Crippen LogP contribution in [0.3, 0.4) is 0 Å². The van der Waals surface area contributed by atoms with E-state index < -0.39 is 5.82 Å². The first-order valence-electron chi connectivity index (χ1n) is 11.3. The van der Waals surface area contributed by atoms with Crippen LogP contribution < -0.4 is 10.1 Å². The summed E-state index contributed by atoms with van der Waals surface area (Å²) in [6.07, 6.45) is 3.29. The topological polar surface area (TPSA) is 51.5 Å². The van der Waals surface area contributed by atoms with E-state index in [0.29, 0.717) is 18.0 Å². The van der Waals surface area contributed by atoms with E-state index in [1.807, 2.05) is 26.8 Å². The monoisotopic (exact) mass is 457 g/mol. The third kappa shape index (κ3) is 4.60. The maximum atomic E-state index is 13.5. The van der Waals surface area contributed by atoms with Crippen LogP contribution in [-0.2, 0) is 4.79 Å². The highest BCUT2D eigenvalue weighted by molar-refractivity contribution is 6.06. The standard InChI is InChI=1S/C29H28FNO3/c1-6-33-28-20(5)29-25(26(16-34-29)23-11-10-17(2)12-18(23)3)15-24(28)19(4)13-27(32)31-22-9-7-8-21(30)14-22/h7-16H,6H2,1-5H3,(H,31,32)/b19-13+. The summed E-state index contributed by atoms with van der Waals surface area (Å²) in [6.45, 7) is 10.4. The molecule has 4 rings (SSSR count). The van der Waals surface area contributed by atoms with Crippen molar-refractivity contribution >= 4 is 28.1 Å². The van der Waals surface area contributed by atoms with Gasteiger partial charge in [0.05, 0.1) is 12.9 Å². The number of allylic oxidation sites excluding steroid dienone is 1. The van der Waals surface area contributed by atoms with Crippen LogP contribution in [0.4, 0.5) is 10.1 Å². The third-order valence-electron chi connectivity index (χ3n) is 5.87. The SMILES string of the molecule is CCOc1c(/C(C)=C/C(=O)Nc2cccc(F)c2)cc2c(-c3ccc(C)cc3C)coc2c1C. The quantitative estimate of drug-likeness (QED) is 0.303. The summed E-state index contributed by atoms with van der Waals surface area (Å²) in [7, 11) is 0. The molecule has 0 aliphatic rings. The summed E-state index contributed by atoms with van der Waals surface area (Å²) in [4.78, 5) is 12.7. The number of hydrogen-bond donors (Lipinski definition) is 1. The molecular formula is C29H28FNO3. The van der Waals surface area contributed by atoms with Crippen LogP contribution in [0.1, 0.15) is 36.1 Å². The lowest BCUT2D eigenvalue weighted by Crippen LogP contribution is -2.09. The van der Waals surface area contributed by atoms with Crippen molar-refractivity contribution in [3.8, 4) is 16.9 Å². The molecule has 0 bridgehead atoms. The van der Waals surface area contributed by atoms with E-state index >= 15 is 0 Å². The van der Waals surface area contributed by atoms with Gasteiger partial charge in [-0.1, -0.05) is 29.8 Å². The number of carbonyl (C=O) groups excluding carboxylic acids is 1. The first-order chi connectivity index (χ1) is 16.3. The molecule has 0 radical (unpaired) electrons. The number of aryl methyl sites for hydroxylation is 3. The maximum Gasteiger partial charge on any atom is 0.248 e. The highest BCUT2D eigenvalue weighted by atomic mass is 19.1. The predicted molar refractivity (Wildman–Crippen MR) is 136 cm³/mol. The van der Waals surface area contributed by atoms with Crippen molar-refractivity contribution in [1.82, 2.24) is 0 Å². The summed E-state index contributed by atoms with van der Waals surface area (Å²) in [5, 5.41) is 3.68. The van der Waals surface area contributed by atoms with Gasteiger partial charge in [-0.25, -0.2) is 4.39 Å². The number of anilines is 1. The van der Waals surface area contributed by atoms with Crippen LogP contribution in [0.15, 0.2) is 65.3 Å². The maximum absolute atomic E-state index is 13.5. The normalized spacial score (nSPS) is 11.6. The largest absolute Gasteiger partial charge is 0.493 e. The third-order valence-corrected chi connectivity index (χ3v) is 5.87. The molecule has 0 fully saturated rings. The lowest BCUT2D eigenvalue weighted by atomic mass is 9.94. The van der Waals surface area contributed by atoms with Gasteiger partial charge in [0.15, 0.2) is 0 Å². The average Bonchev–Trinajstić information content (AvgIpc) is 3.19. The number of carbonyl (C=O) groups is 1. The van der Waals surface area contributed by atoms with Crippen LogP contribution >= 0.6 is 0 Å². The molecular weight excluding hydrogens is 429 g/mol. The van der Waals surface area contributed by atoms with E-state index in [-0.39, 0.29) is 5.91 Å². The molecule has 0 spiro atoms. The van der Waals surface area contributed by atoms with E-state index in [9.17, 15) is 9.18 Å². The number of ether oxygens (including phenoxy) is 1. The Morgan fingerprint density at radius 3 is 2.59 bits per heavy atom. The van der Waals surface area contributed by atoms with Gasteiger partial charge in [0, 0.05) is 33.8 Å². The summed E-state index contributed by atoms with van der Waals surface area (Å²) in [5.41, 5.74) is 8.05. The first-order valence-corrected chi connectivity index (χ1v) is 11.3. The number of furan rings is 1. The minimum atomic E-state index is -0.405. The number of rotatable bonds is 6. The van der Waals surface area contributed by atoms with E-state index in [4.69, 9.17) is 9.15 Å². The predicted octanol–water partition coefficient (Wildman–Crippen LogP) is 7.60. The van der Waals surface area contributed by atoms with Crippen molar-refractivity contribution in [3.05, 3.63) is 88.9 Å². The van der Waals surface area contributed by atoms with E-state index in [0.717, 1.165) is 44.4 Å². The van der Waals surface area contributed by atoms with Crippen molar-refractivity contribution in [1.29, 1.82) is 0 Å². The Kier molecular flexibility index (Phi) is 6.55. The highest BCUT2D eigenvalue weighted by Crippen LogP contribution is 2.41. The Bertz CT molecular complexity index is 1410. The van der Waals surface area contributed by atoms with E-state index in [1.165, 1.54) is 23.8 Å². The molecule has 0 atom stereocenters. The fourth-order valence-corrected chi connectivity index (χ4v) is 4.28. The van der Waals surface area contributed by atoms with Gasteiger partial charge in [0.2, 0.25) is 5.91 Å². The zero-order valence-corrected chi connectivity index (χ0v) is 20.1. The van der Waals surface area contributed by atoms with Crippen molar-refractivity contribution in [2.24, 2.45) is 0 Å². The van der Waals surface area contributed by atoms with Crippen LogP contribution in [-0.4, -0.2) is 12.5 Å². The van der Waals surface area contributed by atoms with Gasteiger partial charge in [0.1, 0.15) is 17.1 Å². The molecule has 0 saturated carbocycles. The highest BCUT2D eigenvalue weighted by Gasteiger charge is 2.20.